The van der Waals surface area contributed by atoms with Crippen LogP contribution in [-0.2, 0) is 11.3 Å². The molecule has 0 amide bonds. The Morgan fingerprint density at radius 3 is 3.00 bits per heavy atom. The summed E-state index contributed by atoms with van der Waals surface area (Å²) in [5.41, 5.74) is 0.981. The lowest BCUT2D eigenvalue weighted by Gasteiger charge is -2.25. The standard InChI is InChI=1S/C17H31N5O2/c1-13(2)16-10-15(24-21-16)12-20-17(18-3)19-11-14-6-5-7-22(14)8-9-23-4/h10,13-14H,5-9,11-12H2,1-4H3,(H2,18,19,20). The first-order valence-electron chi connectivity index (χ1n) is 8.77. The smallest absolute Gasteiger partial charge is 0.191 e. The fraction of sp³-hybridized carbons (Fsp3) is 0.765. The number of guanidine groups is 1. The highest BCUT2D eigenvalue weighted by Gasteiger charge is 2.23. The van der Waals surface area contributed by atoms with Crippen LogP contribution in [0.2, 0.25) is 0 Å². The monoisotopic (exact) mass is 337 g/mol. The number of methoxy groups -OCH3 is 1. The Balaban J connectivity index is 1.75. The molecule has 0 aromatic carbocycles. The lowest BCUT2D eigenvalue weighted by atomic mass is 10.1. The lowest BCUT2D eigenvalue weighted by Crippen LogP contribution is -2.45. The van der Waals surface area contributed by atoms with Crippen molar-refractivity contribution in [2.24, 2.45) is 4.99 Å². The van der Waals surface area contributed by atoms with Crippen LogP contribution in [0.25, 0.3) is 0 Å². The topological polar surface area (TPSA) is 74.9 Å². The van der Waals surface area contributed by atoms with E-state index in [1.807, 2.05) is 6.07 Å². The molecule has 1 aliphatic rings. The van der Waals surface area contributed by atoms with Gasteiger partial charge < -0.3 is 19.9 Å². The van der Waals surface area contributed by atoms with Gasteiger partial charge in [0.1, 0.15) is 0 Å². The summed E-state index contributed by atoms with van der Waals surface area (Å²) in [6.07, 6.45) is 2.46. The van der Waals surface area contributed by atoms with Gasteiger partial charge in [-0.15, -0.1) is 0 Å². The second-order valence-electron chi connectivity index (χ2n) is 6.50. The summed E-state index contributed by atoms with van der Waals surface area (Å²) >= 11 is 0. The number of hydrogen-bond donors (Lipinski definition) is 2. The number of aromatic nitrogens is 1. The number of nitrogens with one attached hydrogen (secondary N) is 2. The van der Waals surface area contributed by atoms with E-state index in [2.05, 4.69) is 39.5 Å². The van der Waals surface area contributed by atoms with E-state index in [1.165, 1.54) is 12.8 Å². The first-order chi connectivity index (χ1) is 11.6. The van der Waals surface area contributed by atoms with Crippen LogP contribution in [-0.4, -0.2) is 62.5 Å². The molecule has 1 fully saturated rings. The summed E-state index contributed by atoms with van der Waals surface area (Å²) in [5, 5.41) is 10.8. The van der Waals surface area contributed by atoms with Gasteiger partial charge in [-0.05, 0) is 25.3 Å². The molecule has 1 aliphatic heterocycles. The van der Waals surface area contributed by atoms with Gasteiger partial charge in [-0.3, -0.25) is 9.89 Å². The van der Waals surface area contributed by atoms with Gasteiger partial charge in [0.15, 0.2) is 11.7 Å². The average Bonchev–Trinajstić information content (AvgIpc) is 3.22. The lowest BCUT2D eigenvalue weighted by molar-refractivity contribution is 0.141. The molecule has 24 heavy (non-hydrogen) atoms. The van der Waals surface area contributed by atoms with E-state index in [0.29, 0.717) is 18.5 Å². The quantitative estimate of drug-likeness (QED) is 0.554. The zero-order valence-electron chi connectivity index (χ0n) is 15.3. The van der Waals surface area contributed by atoms with Crippen LogP contribution in [0.3, 0.4) is 0 Å². The molecular formula is C17H31N5O2. The Bertz CT molecular complexity index is 515. The van der Waals surface area contributed by atoms with Crippen LogP contribution >= 0.6 is 0 Å². The Hall–Kier alpha value is -1.60. The average molecular weight is 337 g/mol. The predicted molar refractivity (Wildman–Crippen MR) is 95.3 cm³/mol. The summed E-state index contributed by atoms with van der Waals surface area (Å²) in [6.45, 7) is 8.60. The van der Waals surface area contributed by atoms with Crippen LogP contribution in [0.15, 0.2) is 15.6 Å². The molecule has 136 valence electrons. The van der Waals surface area contributed by atoms with E-state index in [-0.39, 0.29) is 0 Å². The molecule has 2 rings (SSSR count). The Kier molecular flexibility index (Phi) is 7.52. The molecule has 0 radical (unpaired) electrons. The van der Waals surface area contributed by atoms with Crippen LogP contribution in [0, 0.1) is 0 Å². The van der Waals surface area contributed by atoms with Crippen molar-refractivity contribution in [1.29, 1.82) is 0 Å². The van der Waals surface area contributed by atoms with Crippen molar-refractivity contribution in [3.63, 3.8) is 0 Å². The third-order valence-corrected chi connectivity index (χ3v) is 4.41. The minimum atomic E-state index is 0.375. The predicted octanol–water partition coefficient (Wildman–Crippen LogP) is 1.57. The van der Waals surface area contributed by atoms with Crippen LogP contribution in [0.5, 0.6) is 0 Å². The number of rotatable bonds is 8. The third-order valence-electron chi connectivity index (χ3n) is 4.41. The van der Waals surface area contributed by atoms with E-state index in [4.69, 9.17) is 9.26 Å². The van der Waals surface area contributed by atoms with Crippen LogP contribution in [0.1, 0.15) is 44.1 Å². The number of hydrogen-bond acceptors (Lipinski definition) is 5. The zero-order chi connectivity index (χ0) is 17.4. The van der Waals surface area contributed by atoms with Crippen molar-refractivity contribution in [2.45, 2.75) is 45.2 Å². The Morgan fingerprint density at radius 1 is 1.50 bits per heavy atom. The summed E-state index contributed by atoms with van der Waals surface area (Å²) < 4.78 is 10.5. The van der Waals surface area contributed by atoms with Gasteiger partial charge in [-0.25, -0.2) is 0 Å². The van der Waals surface area contributed by atoms with Gasteiger partial charge in [0.05, 0.1) is 18.8 Å². The third kappa shape index (κ3) is 5.49. The molecule has 0 bridgehead atoms. The number of ether oxygens (including phenoxy) is 1. The molecule has 7 nitrogen and oxygen atoms in total. The normalized spacial score (nSPS) is 19.2. The van der Waals surface area contributed by atoms with Gasteiger partial charge >= 0.3 is 0 Å². The summed E-state index contributed by atoms with van der Waals surface area (Å²) in [4.78, 5) is 6.76. The molecule has 0 aliphatic carbocycles. The second-order valence-corrected chi connectivity index (χ2v) is 6.50. The Labute approximate surface area is 144 Å². The minimum absolute atomic E-state index is 0.375. The van der Waals surface area contributed by atoms with Crippen molar-refractivity contribution in [2.75, 3.05) is 40.4 Å². The first-order valence-corrected chi connectivity index (χ1v) is 8.77. The SMILES string of the molecule is CN=C(NCc1cc(C(C)C)no1)NCC1CCCN1CCOC. The zero-order valence-corrected chi connectivity index (χ0v) is 15.3. The molecule has 1 aromatic heterocycles. The van der Waals surface area contributed by atoms with E-state index in [0.717, 1.165) is 43.7 Å². The van der Waals surface area contributed by atoms with E-state index in [1.54, 1.807) is 14.2 Å². The van der Waals surface area contributed by atoms with E-state index >= 15 is 0 Å². The van der Waals surface area contributed by atoms with Gasteiger partial charge in [0.25, 0.3) is 0 Å². The van der Waals surface area contributed by atoms with Gasteiger partial charge in [-0.2, -0.15) is 0 Å². The van der Waals surface area contributed by atoms with E-state index in [9.17, 15) is 0 Å². The maximum absolute atomic E-state index is 5.34. The highest BCUT2D eigenvalue weighted by Crippen LogP contribution is 2.16. The maximum Gasteiger partial charge on any atom is 0.191 e. The van der Waals surface area contributed by atoms with Crippen LogP contribution < -0.4 is 10.6 Å². The second kappa shape index (κ2) is 9.64. The van der Waals surface area contributed by atoms with Gasteiger partial charge in [0, 0.05) is 39.4 Å². The number of nitrogens with zero attached hydrogens (tertiary/aromatic N) is 3. The first kappa shape index (κ1) is 18.7. The van der Waals surface area contributed by atoms with Crippen molar-refractivity contribution in [1.82, 2.24) is 20.7 Å². The van der Waals surface area contributed by atoms with Crippen LogP contribution in [0.4, 0.5) is 0 Å². The fourth-order valence-corrected chi connectivity index (χ4v) is 2.92. The van der Waals surface area contributed by atoms with Gasteiger partial charge in [-0.1, -0.05) is 19.0 Å². The number of likely N-dealkylation sites (tertiary alicyclic amines) is 1. The van der Waals surface area contributed by atoms with Crippen molar-refractivity contribution in [3.05, 3.63) is 17.5 Å². The van der Waals surface area contributed by atoms with Crippen molar-refractivity contribution < 1.29 is 9.26 Å². The Morgan fingerprint density at radius 2 is 2.33 bits per heavy atom. The molecule has 2 N–H and O–H groups in total. The fourth-order valence-electron chi connectivity index (χ4n) is 2.92. The van der Waals surface area contributed by atoms with Crippen molar-refractivity contribution >= 4 is 5.96 Å². The summed E-state index contributed by atoms with van der Waals surface area (Å²) in [6, 6.07) is 2.53. The summed E-state index contributed by atoms with van der Waals surface area (Å²) in [5.74, 6) is 1.99. The van der Waals surface area contributed by atoms with Crippen molar-refractivity contribution in [3.8, 4) is 0 Å². The number of aliphatic imine (C=N–C) groups is 1. The minimum Gasteiger partial charge on any atom is -0.383 e. The molecule has 0 saturated carbocycles. The maximum atomic E-state index is 5.34. The largest absolute Gasteiger partial charge is 0.383 e. The molecule has 1 saturated heterocycles. The van der Waals surface area contributed by atoms with Gasteiger partial charge in [0.2, 0.25) is 0 Å². The van der Waals surface area contributed by atoms with E-state index < -0.39 is 0 Å². The summed E-state index contributed by atoms with van der Waals surface area (Å²) in [7, 11) is 3.54. The molecular weight excluding hydrogens is 306 g/mol. The molecule has 1 unspecified atom stereocenters. The molecule has 1 aromatic rings. The molecule has 0 spiro atoms. The molecule has 7 heteroatoms. The highest BCUT2D eigenvalue weighted by atomic mass is 16.5. The molecule has 2 heterocycles. The molecule has 1 atom stereocenters. The highest BCUT2D eigenvalue weighted by molar-refractivity contribution is 5.79.